The van der Waals surface area contributed by atoms with Crippen molar-refractivity contribution in [1.29, 1.82) is 0 Å². The molecule has 0 aliphatic rings. The first-order valence-electron chi connectivity index (χ1n) is 12.8. The van der Waals surface area contributed by atoms with Gasteiger partial charge in [-0.3, -0.25) is 14.4 Å². The van der Waals surface area contributed by atoms with Crippen LogP contribution in [-0.4, -0.2) is 50.1 Å². The molecule has 0 aliphatic carbocycles. The zero-order chi connectivity index (χ0) is 29.1. The summed E-state index contributed by atoms with van der Waals surface area (Å²) in [7, 11) is 1.56. The summed E-state index contributed by atoms with van der Waals surface area (Å²) in [5, 5.41) is 8.07. The summed E-state index contributed by atoms with van der Waals surface area (Å²) in [6.45, 7) is 5.16. The molecule has 0 saturated heterocycles. The Labute approximate surface area is 233 Å². The SMILES string of the molecule is CCOc1ccccc1C(=O)N[C@H](C(=O)OCC(=O)Nc1ccc(C(=O)Nc2ccc(OC)cc2)cc1)C(C)C. The third kappa shape index (κ3) is 8.32. The van der Waals surface area contributed by atoms with Crippen LogP contribution in [0.2, 0.25) is 0 Å². The van der Waals surface area contributed by atoms with Crippen LogP contribution in [0.1, 0.15) is 41.5 Å². The lowest BCUT2D eigenvalue weighted by Gasteiger charge is -2.21. The van der Waals surface area contributed by atoms with E-state index in [1.54, 1.807) is 93.8 Å². The van der Waals surface area contributed by atoms with Gasteiger partial charge in [0, 0.05) is 16.9 Å². The Morgan fingerprint density at radius 2 is 1.43 bits per heavy atom. The van der Waals surface area contributed by atoms with Gasteiger partial charge < -0.3 is 30.2 Å². The zero-order valence-electron chi connectivity index (χ0n) is 22.9. The molecule has 10 heteroatoms. The minimum atomic E-state index is -0.974. The molecule has 1 atom stereocenters. The number of carbonyl (C=O) groups excluding carboxylic acids is 4. The third-order valence-corrected chi connectivity index (χ3v) is 5.76. The summed E-state index contributed by atoms with van der Waals surface area (Å²) in [6.07, 6.45) is 0. The highest BCUT2D eigenvalue weighted by Crippen LogP contribution is 2.19. The second kappa shape index (κ2) is 14.3. The second-order valence-electron chi connectivity index (χ2n) is 9.04. The molecule has 0 unspecified atom stereocenters. The predicted octanol–water partition coefficient (Wildman–Crippen LogP) is 4.28. The monoisotopic (exact) mass is 547 g/mol. The van der Waals surface area contributed by atoms with Crippen LogP contribution in [0.3, 0.4) is 0 Å². The number of carbonyl (C=O) groups is 4. The highest BCUT2D eigenvalue weighted by molar-refractivity contribution is 6.04. The lowest BCUT2D eigenvalue weighted by Crippen LogP contribution is -2.46. The van der Waals surface area contributed by atoms with Crippen molar-refractivity contribution in [2.24, 2.45) is 5.92 Å². The summed E-state index contributed by atoms with van der Waals surface area (Å²) in [4.78, 5) is 50.4. The molecule has 0 spiro atoms. The van der Waals surface area contributed by atoms with Crippen LogP contribution >= 0.6 is 0 Å². The Bertz CT molecular complexity index is 1320. The van der Waals surface area contributed by atoms with Crippen molar-refractivity contribution in [2.45, 2.75) is 26.8 Å². The fourth-order valence-electron chi connectivity index (χ4n) is 3.66. The first-order chi connectivity index (χ1) is 19.2. The number of methoxy groups -OCH3 is 1. The van der Waals surface area contributed by atoms with E-state index in [-0.39, 0.29) is 11.8 Å². The molecule has 3 rings (SSSR count). The maximum atomic E-state index is 12.8. The maximum absolute atomic E-state index is 12.8. The average Bonchev–Trinajstić information content (AvgIpc) is 2.95. The lowest BCUT2D eigenvalue weighted by molar-refractivity contribution is -0.150. The fourth-order valence-corrected chi connectivity index (χ4v) is 3.66. The van der Waals surface area contributed by atoms with E-state index in [1.165, 1.54) is 0 Å². The minimum Gasteiger partial charge on any atom is -0.497 e. The van der Waals surface area contributed by atoms with E-state index in [4.69, 9.17) is 14.2 Å². The fraction of sp³-hybridized carbons (Fsp3) is 0.267. The van der Waals surface area contributed by atoms with E-state index in [2.05, 4.69) is 16.0 Å². The van der Waals surface area contributed by atoms with Gasteiger partial charge in [0.2, 0.25) is 0 Å². The summed E-state index contributed by atoms with van der Waals surface area (Å²) in [5.74, 6) is -1.32. The number of rotatable bonds is 12. The number of nitrogens with one attached hydrogen (secondary N) is 3. The number of benzene rings is 3. The molecule has 0 saturated carbocycles. The number of esters is 1. The van der Waals surface area contributed by atoms with Crippen LogP contribution in [-0.2, 0) is 14.3 Å². The van der Waals surface area contributed by atoms with Crippen LogP contribution in [0.4, 0.5) is 11.4 Å². The first kappa shape index (κ1) is 29.7. The van der Waals surface area contributed by atoms with Crippen molar-refractivity contribution in [1.82, 2.24) is 5.32 Å². The molecule has 0 radical (unpaired) electrons. The smallest absolute Gasteiger partial charge is 0.329 e. The molecule has 0 aromatic heterocycles. The van der Waals surface area contributed by atoms with Crippen molar-refractivity contribution in [3.05, 3.63) is 83.9 Å². The number of ether oxygens (including phenoxy) is 3. The standard InChI is InChI=1S/C30H33N3O7/c1-5-39-25-9-7-6-8-24(25)29(36)33-27(19(2)3)30(37)40-18-26(34)31-21-12-10-20(11-13-21)28(35)32-22-14-16-23(38-4)17-15-22/h6-17,19,27H,5,18H2,1-4H3,(H,31,34)(H,32,35)(H,33,36)/t27-/m0/s1. The highest BCUT2D eigenvalue weighted by Gasteiger charge is 2.27. The molecule has 0 bridgehead atoms. The van der Waals surface area contributed by atoms with Crippen molar-refractivity contribution in [3.8, 4) is 11.5 Å². The number of amides is 3. The van der Waals surface area contributed by atoms with E-state index >= 15 is 0 Å². The Balaban J connectivity index is 1.52. The molecule has 3 aromatic carbocycles. The van der Waals surface area contributed by atoms with Gasteiger partial charge in [-0.25, -0.2) is 4.79 Å². The zero-order valence-corrected chi connectivity index (χ0v) is 22.9. The van der Waals surface area contributed by atoms with Gasteiger partial charge in [0.15, 0.2) is 6.61 Å². The van der Waals surface area contributed by atoms with Gasteiger partial charge in [-0.2, -0.15) is 0 Å². The third-order valence-electron chi connectivity index (χ3n) is 5.76. The summed E-state index contributed by atoms with van der Waals surface area (Å²) in [5.41, 5.74) is 1.71. The van der Waals surface area contributed by atoms with E-state index in [0.29, 0.717) is 40.6 Å². The lowest BCUT2D eigenvalue weighted by atomic mass is 10.0. The number of hydrogen-bond donors (Lipinski definition) is 3. The van der Waals surface area contributed by atoms with Crippen molar-refractivity contribution in [3.63, 3.8) is 0 Å². The van der Waals surface area contributed by atoms with Gasteiger partial charge in [0.1, 0.15) is 17.5 Å². The molecule has 210 valence electrons. The first-order valence-corrected chi connectivity index (χ1v) is 12.8. The van der Waals surface area contributed by atoms with Crippen LogP contribution in [0.15, 0.2) is 72.8 Å². The molecule has 3 amide bonds. The molecule has 10 nitrogen and oxygen atoms in total. The van der Waals surface area contributed by atoms with E-state index in [0.717, 1.165) is 0 Å². The van der Waals surface area contributed by atoms with Gasteiger partial charge in [-0.15, -0.1) is 0 Å². The Kier molecular flexibility index (Phi) is 10.6. The second-order valence-corrected chi connectivity index (χ2v) is 9.04. The molecule has 40 heavy (non-hydrogen) atoms. The van der Waals surface area contributed by atoms with Crippen LogP contribution in [0.5, 0.6) is 11.5 Å². The Morgan fingerprint density at radius 3 is 2.05 bits per heavy atom. The molecule has 3 N–H and O–H groups in total. The van der Waals surface area contributed by atoms with Gasteiger partial charge in [0.25, 0.3) is 17.7 Å². The maximum Gasteiger partial charge on any atom is 0.329 e. The molecule has 0 fully saturated rings. The highest BCUT2D eigenvalue weighted by atomic mass is 16.5. The van der Waals surface area contributed by atoms with Crippen molar-refractivity contribution < 1.29 is 33.4 Å². The number of para-hydroxylation sites is 1. The number of anilines is 2. The number of hydrogen-bond acceptors (Lipinski definition) is 7. The Hall–Kier alpha value is -4.86. The summed E-state index contributed by atoms with van der Waals surface area (Å²) in [6, 6.07) is 18.9. The molecule has 3 aromatic rings. The van der Waals surface area contributed by atoms with Crippen LogP contribution in [0.25, 0.3) is 0 Å². The van der Waals surface area contributed by atoms with Gasteiger partial charge in [0.05, 0.1) is 19.3 Å². The largest absolute Gasteiger partial charge is 0.497 e. The van der Waals surface area contributed by atoms with Crippen LogP contribution in [0, 0.1) is 5.92 Å². The average molecular weight is 548 g/mol. The summed E-state index contributed by atoms with van der Waals surface area (Å²) >= 11 is 0. The van der Waals surface area contributed by atoms with Crippen molar-refractivity contribution >= 4 is 35.1 Å². The van der Waals surface area contributed by atoms with Gasteiger partial charge in [-0.1, -0.05) is 26.0 Å². The predicted molar refractivity (Wildman–Crippen MR) is 151 cm³/mol. The molecular formula is C30H33N3O7. The molecule has 0 aliphatic heterocycles. The van der Waals surface area contributed by atoms with E-state index in [9.17, 15) is 19.2 Å². The topological polar surface area (TPSA) is 132 Å². The van der Waals surface area contributed by atoms with Gasteiger partial charge >= 0.3 is 5.97 Å². The van der Waals surface area contributed by atoms with Crippen LogP contribution < -0.4 is 25.4 Å². The van der Waals surface area contributed by atoms with E-state index in [1.807, 2.05) is 6.92 Å². The minimum absolute atomic E-state index is 0.293. The Morgan fingerprint density at radius 1 is 0.800 bits per heavy atom. The quantitative estimate of drug-likeness (QED) is 0.288. The normalized spacial score (nSPS) is 11.2. The van der Waals surface area contributed by atoms with Crippen molar-refractivity contribution in [2.75, 3.05) is 31.0 Å². The molecular weight excluding hydrogens is 514 g/mol. The van der Waals surface area contributed by atoms with E-state index < -0.39 is 30.4 Å². The van der Waals surface area contributed by atoms with Gasteiger partial charge in [-0.05, 0) is 73.5 Å². The summed E-state index contributed by atoms with van der Waals surface area (Å²) < 4.78 is 15.8. The molecule has 0 heterocycles.